The molecule has 2 fully saturated rings. The Balaban J connectivity index is 1.78. The van der Waals surface area contributed by atoms with Crippen LogP contribution in [0.1, 0.15) is 45.4 Å². The summed E-state index contributed by atoms with van der Waals surface area (Å²) >= 11 is 0. The molecule has 0 amide bonds. The van der Waals surface area contributed by atoms with Gasteiger partial charge in [-0.1, -0.05) is 13.3 Å². The summed E-state index contributed by atoms with van der Waals surface area (Å²) in [6.07, 6.45) is 9.05. The highest BCUT2D eigenvalue weighted by atomic mass is 14.8. The molecule has 1 spiro atoms. The predicted molar refractivity (Wildman–Crippen MR) is 56.7 cm³/mol. The van der Waals surface area contributed by atoms with E-state index in [1.54, 1.807) is 6.42 Å². The summed E-state index contributed by atoms with van der Waals surface area (Å²) < 4.78 is 0. The summed E-state index contributed by atoms with van der Waals surface area (Å²) in [4.78, 5) is 0. The SMILES string of the molecule is CCC1CCC2(C1)CC(CNC)C2. The first-order valence-corrected chi connectivity index (χ1v) is 5.92. The molecule has 1 N–H and O–H groups in total. The van der Waals surface area contributed by atoms with Crippen molar-refractivity contribution in [1.82, 2.24) is 5.32 Å². The van der Waals surface area contributed by atoms with Crippen LogP contribution in [0.5, 0.6) is 0 Å². The van der Waals surface area contributed by atoms with Crippen LogP contribution in [0.3, 0.4) is 0 Å². The largest absolute Gasteiger partial charge is 0.319 e. The van der Waals surface area contributed by atoms with Gasteiger partial charge in [0.15, 0.2) is 0 Å². The standard InChI is InChI=1S/C12H23N/c1-3-10-4-5-12(6-10)7-11(8-12)9-13-2/h10-11,13H,3-9H2,1-2H3. The summed E-state index contributed by atoms with van der Waals surface area (Å²) in [5.74, 6) is 2.07. The molecule has 0 aromatic carbocycles. The van der Waals surface area contributed by atoms with Crippen LogP contribution < -0.4 is 5.32 Å². The van der Waals surface area contributed by atoms with E-state index in [0.29, 0.717) is 0 Å². The maximum atomic E-state index is 3.30. The Kier molecular flexibility index (Phi) is 2.64. The molecule has 0 aromatic heterocycles. The lowest BCUT2D eigenvalue weighted by Gasteiger charge is -2.46. The zero-order valence-electron chi connectivity index (χ0n) is 9.10. The van der Waals surface area contributed by atoms with Crippen molar-refractivity contribution in [2.24, 2.45) is 17.3 Å². The maximum absolute atomic E-state index is 3.30. The molecule has 76 valence electrons. The first-order chi connectivity index (χ1) is 6.28. The Morgan fingerprint density at radius 1 is 1.23 bits per heavy atom. The van der Waals surface area contributed by atoms with Gasteiger partial charge in [0.1, 0.15) is 0 Å². The second-order valence-corrected chi connectivity index (χ2v) is 5.35. The molecule has 2 rings (SSSR count). The van der Waals surface area contributed by atoms with Crippen LogP contribution >= 0.6 is 0 Å². The molecule has 1 nitrogen and oxygen atoms in total. The Hall–Kier alpha value is -0.0400. The lowest BCUT2D eigenvalue weighted by Crippen LogP contribution is -2.39. The molecule has 1 unspecified atom stereocenters. The summed E-state index contributed by atoms with van der Waals surface area (Å²) in [6, 6.07) is 0. The van der Waals surface area contributed by atoms with Crippen molar-refractivity contribution < 1.29 is 0 Å². The van der Waals surface area contributed by atoms with E-state index in [0.717, 1.165) is 17.3 Å². The highest BCUT2D eigenvalue weighted by Gasteiger charge is 2.47. The van der Waals surface area contributed by atoms with Gasteiger partial charge in [-0.3, -0.25) is 0 Å². The number of rotatable bonds is 3. The van der Waals surface area contributed by atoms with Gasteiger partial charge in [-0.2, -0.15) is 0 Å². The summed E-state index contributed by atoms with van der Waals surface area (Å²) in [5, 5.41) is 3.30. The van der Waals surface area contributed by atoms with Crippen molar-refractivity contribution in [2.45, 2.75) is 45.4 Å². The van der Waals surface area contributed by atoms with Crippen molar-refractivity contribution in [2.75, 3.05) is 13.6 Å². The van der Waals surface area contributed by atoms with Gasteiger partial charge in [-0.25, -0.2) is 0 Å². The van der Waals surface area contributed by atoms with E-state index in [9.17, 15) is 0 Å². The predicted octanol–water partition coefficient (Wildman–Crippen LogP) is 2.81. The van der Waals surface area contributed by atoms with Gasteiger partial charge in [0.25, 0.3) is 0 Å². The monoisotopic (exact) mass is 181 g/mol. The molecule has 0 saturated heterocycles. The van der Waals surface area contributed by atoms with Gasteiger partial charge in [-0.05, 0) is 62.9 Å². The Labute approximate surface area is 82.3 Å². The minimum Gasteiger partial charge on any atom is -0.319 e. The van der Waals surface area contributed by atoms with Crippen LogP contribution in [0, 0.1) is 17.3 Å². The average molecular weight is 181 g/mol. The lowest BCUT2D eigenvalue weighted by atomic mass is 9.60. The van der Waals surface area contributed by atoms with Crippen molar-refractivity contribution in [3.63, 3.8) is 0 Å². The van der Waals surface area contributed by atoms with E-state index in [1.807, 2.05) is 0 Å². The highest BCUT2D eigenvalue weighted by Crippen LogP contribution is 2.58. The van der Waals surface area contributed by atoms with Gasteiger partial charge in [0.2, 0.25) is 0 Å². The van der Waals surface area contributed by atoms with E-state index in [2.05, 4.69) is 19.3 Å². The molecule has 0 aromatic rings. The van der Waals surface area contributed by atoms with E-state index in [-0.39, 0.29) is 0 Å². The molecule has 0 aliphatic heterocycles. The van der Waals surface area contributed by atoms with E-state index < -0.39 is 0 Å². The van der Waals surface area contributed by atoms with Crippen LogP contribution in [0.25, 0.3) is 0 Å². The quantitative estimate of drug-likeness (QED) is 0.706. The molecule has 13 heavy (non-hydrogen) atoms. The molecule has 0 heterocycles. The van der Waals surface area contributed by atoms with Gasteiger partial charge >= 0.3 is 0 Å². The van der Waals surface area contributed by atoms with Crippen molar-refractivity contribution in [3.8, 4) is 0 Å². The van der Waals surface area contributed by atoms with Crippen LogP contribution in [-0.2, 0) is 0 Å². The first-order valence-electron chi connectivity index (χ1n) is 5.92. The fourth-order valence-corrected chi connectivity index (χ4v) is 3.64. The number of hydrogen-bond donors (Lipinski definition) is 1. The molecule has 1 heteroatoms. The van der Waals surface area contributed by atoms with E-state index in [1.165, 1.54) is 38.6 Å². The van der Waals surface area contributed by atoms with E-state index >= 15 is 0 Å². The summed E-state index contributed by atoms with van der Waals surface area (Å²) in [5.41, 5.74) is 0.822. The molecule has 2 aliphatic carbocycles. The zero-order valence-corrected chi connectivity index (χ0v) is 9.10. The Bertz CT molecular complexity index is 170. The van der Waals surface area contributed by atoms with Gasteiger partial charge in [0, 0.05) is 0 Å². The molecule has 0 radical (unpaired) electrons. The van der Waals surface area contributed by atoms with Crippen LogP contribution in [0.15, 0.2) is 0 Å². The van der Waals surface area contributed by atoms with Crippen LogP contribution in [0.2, 0.25) is 0 Å². The molecule has 2 saturated carbocycles. The van der Waals surface area contributed by atoms with Crippen LogP contribution in [-0.4, -0.2) is 13.6 Å². The fourth-order valence-electron chi connectivity index (χ4n) is 3.64. The lowest BCUT2D eigenvalue weighted by molar-refractivity contribution is 0.0585. The van der Waals surface area contributed by atoms with Gasteiger partial charge in [0.05, 0.1) is 0 Å². The Morgan fingerprint density at radius 2 is 1.92 bits per heavy atom. The van der Waals surface area contributed by atoms with Crippen molar-refractivity contribution in [3.05, 3.63) is 0 Å². The molecular weight excluding hydrogens is 158 g/mol. The second kappa shape index (κ2) is 3.61. The summed E-state index contributed by atoms with van der Waals surface area (Å²) in [6.45, 7) is 3.60. The van der Waals surface area contributed by atoms with Crippen molar-refractivity contribution >= 4 is 0 Å². The smallest absolute Gasteiger partial charge is 0.00231 e. The van der Waals surface area contributed by atoms with Crippen molar-refractivity contribution in [1.29, 1.82) is 0 Å². The maximum Gasteiger partial charge on any atom is -0.00231 e. The third kappa shape index (κ3) is 1.76. The highest BCUT2D eigenvalue weighted by molar-refractivity contribution is 4.99. The zero-order chi connectivity index (χ0) is 9.31. The number of nitrogens with one attached hydrogen (secondary N) is 1. The summed E-state index contributed by atoms with van der Waals surface area (Å²) in [7, 11) is 2.08. The average Bonchev–Trinajstić information content (AvgIpc) is 2.48. The van der Waals surface area contributed by atoms with Gasteiger partial charge < -0.3 is 5.32 Å². The second-order valence-electron chi connectivity index (χ2n) is 5.35. The topological polar surface area (TPSA) is 12.0 Å². The van der Waals surface area contributed by atoms with E-state index in [4.69, 9.17) is 0 Å². The molecule has 0 bridgehead atoms. The molecular formula is C12H23N. The normalized spacial score (nSPS) is 43.8. The minimum absolute atomic E-state index is 0.822. The first kappa shape index (κ1) is 9.51. The van der Waals surface area contributed by atoms with Gasteiger partial charge in [-0.15, -0.1) is 0 Å². The Morgan fingerprint density at radius 3 is 2.46 bits per heavy atom. The molecule has 1 atom stereocenters. The molecule has 2 aliphatic rings. The van der Waals surface area contributed by atoms with Crippen LogP contribution in [0.4, 0.5) is 0 Å². The number of hydrogen-bond acceptors (Lipinski definition) is 1. The minimum atomic E-state index is 0.822. The fraction of sp³-hybridized carbons (Fsp3) is 1.00. The third-order valence-electron chi connectivity index (χ3n) is 4.32. The third-order valence-corrected chi connectivity index (χ3v) is 4.32.